The number of aromatic hydroxyl groups is 1. The van der Waals surface area contributed by atoms with Gasteiger partial charge in [0, 0.05) is 22.9 Å². The fraction of sp³-hybridized carbons (Fsp3) is 0.560. The summed E-state index contributed by atoms with van der Waals surface area (Å²) in [6, 6.07) is 4.03. The minimum atomic E-state index is -0.116. The Balaban J connectivity index is 1.37. The number of nitrogens with zero attached hydrogens (tertiary/aromatic N) is 2. The molecule has 0 aliphatic heterocycles. The highest BCUT2D eigenvalue weighted by atomic mass is 79.9. The van der Waals surface area contributed by atoms with Crippen LogP contribution in [0.25, 0.3) is 0 Å². The molecule has 1 amide bonds. The molecule has 176 valence electrons. The molecular weight excluding hydrogens is 502 g/mol. The van der Waals surface area contributed by atoms with Gasteiger partial charge in [-0.25, -0.2) is 4.98 Å². The molecule has 1 aromatic heterocycles. The minimum Gasteiger partial charge on any atom is -0.507 e. The smallest absolute Gasteiger partial charge is 0.226 e. The maximum atomic E-state index is 12.6. The molecule has 1 aromatic carbocycles. The zero-order valence-corrected chi connectivity index (χ0v) is 21.4. The lowest BCUT2D eigenvalue weighted by atomic mass is 9.54. The van der Waals surface area contributed by atoms with E-state index < -0.39 is 0 Å². The fourth-order valence-electron chi connectivity index (χ4n) is 6.99. The molecule has 2 saturated carbocycles. The highest BCUT2D eigenvalue weighted by Crippen LogP contribution is 2.62. The topological polar surface area (TPSA) is 94.8 Å². The molecule has 3 N–H and O–H groups in total. The summed E-state index contributed by atoms with van der Waals surface area (Å²) in [5, 5.41) is 27.4. The highest BCUT2D eigenvalue weighted by molar-refractivity contribution is 9.10. The quantitative estimate of drug-likeness (QED) is 0.321. The summed E-state index contributed by atoms with van der Waals surface area (Å²) in [6.07, 6.45) is 7.82. The molecule has 3 aliphatic rings. The lowest BCUT2D eigenvalue weighted by Crippen LogP contribution is -2.44. The van der Waals surface area contributed by atoms with E-state index in [-0.39, 0.29) is 11.3 Å². The number of oxime groups is 1. The standard InChI is InChI=1S/C25H30BrN3O3S/c1-13-12-27-24(33-13)28-22(31)6-4-15-10-21(29-32)25(2)8-7-16-17(23(15)25)5-3-14-9-20(30)19(26)11-18(14)16/h9,11-12,15-17,23,30,32H,3-8,10H2,1-2H3,(H,27,28,31)/b29-21+/t15-,16?,17?,23?,25-/m1/s1. The molecule has 1 heterocycles. The van der Waals surface area contributed by atoms with Gasteiger partial charge < -0.3 is 15.6 Å². The Morgan fingerprint density at radius 3 is 2.94 bits per heavy atom. The Hall–Kier alpha value is -1.93. The molecule has 2 fully saturated rings. The molecule has 2 aromatic rings. The van der Waals surface area contributed by atoms with E-state index in [9.17, 15) is 15.1 Å². The summed E-state index contributed by atoms with van der Waals surface area (Å²) in [5.41, 5.74) is 3.40. The number of phenolic OH excluding ortho intramolecular Hbond substituents is 1. The predicted molar refractivity (Wildman–Crippen MR) is 133 cm³/mol. The van der Waals surface area contributed by atoms with E-state index in [0.29, 0.717) is 41.0 Å². The lowest BCUT2D eigenvalue weighted by molar-refractivity contribution is -0.116. The molecule has 8 heteroatoms. The number of hydrogen-bond acceptors (Lipinski definition) is 6. The molecule has 0 radical (unpaired) electrons. The molecular formula is C25H30BrN3O3S. The number of hydrogen-bond donors (Lipinski definition) is 3. The van der Waals surface area contributed by atoms with Gasteiger partial charge in [-0.3, -0.25) is 4.79 Å². The molecule has 3 aliphatic carbocycles. The average molecular weight is 533 g/mol. The van der Waals surface area contributed by atoms with Crippen molar-refractivity contribution in [1.82, 2.24) is 4.98 Å². The normalized spacial score (nSPS) is 31.7. The van der Waals surface area contributed by atoms with Crippen LogP contribution in [0.4, 0.5) is 5.13 Å². The predicted octanol–water partition coefficient (Wildman–Crippen LogP) is 6.25. The van der Waals surface area contributed by atoms with Crippen molar-refractivity contribution in [3.05, 3.63) is 38.8 Å². The van der Waals surface area contributed by atoms with E-state index in [1.54, 1.807) is 6.20 Å². The molecule has 6 nitrogen and oxygen atoms in total. The number of halogens is 1. The van der Waals surface area contributed by atoms with Gasteiger partial charge >= 0.3 is 0 Å². The van der Waals surface area contributed by atoms with Crippen molar-refractivity contribution >= 4 is 44.0 Å². The molecule has 0 spiro atoms. The second kappa shape index (κ2) is 8.69. The zero-order valence-electron chi connectivity index (χ0n) is 19.0. The first-order valence-corrected chi connectivity index (χ1v) is 13.4. The molecule has 0 saturated heterocycles. The SMILES string of the molecule is Cc1cnc(NC(=O)CC[C@@H]2C/C(=N\O)[C@@]3(C)CCC4c5cc(Br)c(O)cc5CCC4C23)s1. The van der Waals surface area contributed by atoms with E-state index in [1.807, 2.05) is 13.0 Å². The first-order valence-electron chi connectivity index (χ1n) is 11.7. The summed E-state index contributed by atoms with van der Waals surface area (Å²) in [5.74, 6) is 1.94. The Morgan fingerprint density at radius 2 is 2.21 bits per heavy atom. The van der Waals surface area contributed by atoms with E-state index in [4.69, 9.17) is 0 Å². The molecule has 3 unspecified atom stereocenters. The number of nitrogens with one attached hydrogen (secondary N) is 1. The van der Waals surface area contributed by atoms with Crippen LogP contribution in [-0.4, -0.2) is 26.9 Å². The largest absolute Gasteiger partial charge is 0.507 e. The van der Waals surface area contributed by atoms with Crippen molar-refractivity contribution in [2.24, 2.45) is 28.3 Å². The summed E-state index contributed by atoms with van der Waals surface area (Å²) in [6.45, 7) is 4.24. The van der Waals surface area contributed by atoms with Gasteiger partial charge in [-0.2, -0.15) is 0 Å². The van der Waals surface area contributed by atoms with Crippen LogP contribution in [0.2, 0.25) is 0 Å². The summed E-state index contributed by atoms with van der Waals surface area (Å²) in [4.78, 5) is 17.9. The third-order valence-electron chi connectivity index (χ3n) is 8.40. The minimum absolute atomic E-state index is 0.00111. The highest BCUT2D eigenvalue weighted by Gasteiger charge is 2.57. The van der Waals surface area contributed by atoms with Gasteiger partial charge in [-0.15, -0.1) is 11.3 Å². The number of anilines is 1. The Kier molecular flexibility index (Phi) is 6.02. The first kappa shape index (κ1) is 22.8. The number of carbonyl (C=O) groups excluding carboxylic acids is 1. The van der Waals surface area contributed by atoms with E-state index in [2.05, 4.69) is 44.4 Å². The Morgan fingerprint density at radius 1 is 1.39 bits per heavy atom. The summed E-state index contributed by atoms with van der Waals surface area (Å²) < 4.78 is 0.755. The van der Waals surface area contributed by atoms with E-state index in [0.717, 1.165) is 53.6 Å². The summed E-state index contributed by atoms with van der Waals surface area (Å²) in [7, 11) is 0. The molecule has 33 heavy (non-hydrogen) atoms. The van der Waals surface area contributed by atoms with Crippen molar-refractivity contribution in [2.75, 3.05) is 5.32 Å². The van der Waals surface area contributed by atoms with Crippen molar-refractivity contribution in [2.45, 2.75) is 64.7 Å². The maximum absolute atomic E-state index is 12.6. The Labute approximate surface area is 206 Å². The number of amides is 1. The van der Waals surface area contributed by atoms with Gasteiger partial charge in [-0.05, 0) is 108 Å². The summed E-state index contributed by atoms with van der Waals surface area (Å²) >= 11 is 5.00. The maximum Gasteiger partial charge on any atom is 0.226 e. The number of phenols is 1. The number of carbonyl (C=O) groups is 1. The first-order chi connectivity index (χ1) is 15.8. The van der Waals surface area contributed by atoms with Crippen LogP contribution < -0.4 is 5.32 Å². The van der Waals surface area contributed by atoms with Crippen LogP contribution in [0.3, 0.4) is 0 Å². The van der Waals surface area contributed by atoms with Crippen molar-refractivity contribution in [1.29, 1.82) is 0 Å². The number of thiazole rings is 1. The van der Waals surface area contributed by atoms with Crippen molar-refractivity contribution in [3.63, 3.8) is 0 Å². The Bertz CT molecular complexity index is 1120. The second-order valence-corrected chi connectivity index (χ2v) is 12.3. The lowest BCUT2D eigenvalue weighted by Gasteiger charge is -2.50. The van der Waals surface area contributed by atoms with Crippen LogP contribution in [0, 0.1) is 30.1 Å². The monoisotopic (exact) mass is 531 g/mol. The third kappa shape index (κ3) is 3.99. The number of aromatic nitrogens is 1. The third-order valence-corrected chi connectivity index (χ3v) is 9.86. The van der Waals surface area contributed by atoms with Gasteiger partial charge in [0.15, 0.2) is 5.13 Å². The molecule has 0 bridgehead atoms. The van der Waals surface area contributed by atoms with Gasteiger partial charge in [0.1, 0.15) is 5.75 Å². The van der Waals surface area contributed by atoms with E-state index >= 15 is 0 Å². The van der Waals surface area contributed by atoms with Crippen LogP contribution >= 0.6 is 27.3 Å². The zero-order chi connectivity index (χ0) is 23.3. The van der Waals surface area contributed by atoms with Gasteiger partial charge in [0.2, 0.25) is 5.91 Å². The van der Waals surface area contributed by atoms with Crippen LogP contribution in [0.1, 0.15) is 67.4 Å². The van der Waals surface area contributed by atoms with Crippen LogP contribution in [0.5, 0.6) is 5.75 Å². The average Bonchev–Trinajstić information content (AvgIpc) is 3.32. The number of aryl methyl sites for hydroxylation is 2. The fourth-order valence-corrected chi connectivity index (χ4v) is 8.03. The van der Waals surface area contributed by atoms with Gasteiger partial charge in [-0.1, -0.05) is 12.1 Å². The van der Waals surface area contributed by atoms with Gasteiger partial charge in [0.25, 0.3) is 0 Å². The molecule has 5 atom stereocenters. The van der Waals surface area contributed by atoms with Gasteiger partial charge in [0.05, 0.1) is 10.2 Å². The number of fused-ring (bicyclic) bond motifs is 5. The van der Waals surface area contributed by atoms with Crippen LogP contribution in [-0.2, 0) is 11.2 Å². The van der Waals surface area contributed by atoms with Crippen LogP contribution in [0.15, 0.2) is 28.0 Å². The second-order valence-electron chi connectivity index (χ2n) is 10.2. The van der Waals surface area contributed by atoms with E-state index in [1.165, 1.54) is 22.5 Å². The van der Waals surface area contributed by atoms with Crippen molar-refractivity contribution in [3.8, 4) is 5.75 Å². The number of rotatable bonds is 4. The van der Waals surface area contributed by atoms with Crippen molar-refractivity contribution < 1.29 is 15.1 Å². The molecule has 5 rings (SSSR count). The number of benzene rings is 1.